The van der Waals surface area contributed by atoms with Crippen molar-refractivity contribution in [3.8, 4) is 0 Å². The van der Waals surface area contributed by atoms with Crippen LogP contribution in [0.5, 0.6) is 0 Å². The van der Waals surface area contributed by atoms with Crippen LogP contribution in [0, 0.1) is 5.92 Å². The summed E-state index contributed by atoms with van der Waals surface area (Å²) < 4.78 is 21.3. The third-order valence-electron chi connectivity index (χ3n) is 4.19. The number of alkyl halides is 1. The van der Waals surface area contributed by atoms with Gasteiger partial charge in [0, 0.05) is 24.8 Å². The fourth-order valence-corrected chi connectivity index (χ4v) is 2.85. The van der Waals surface area contributed by atoms with Gasteiger partial charge in [0.15, 0.2) is 12.4 Å². The Kier molecular flexibility index (Phi) is 4.10. The van der Waals surface area contributed by atoms with Gasteiger partial charge in [-0.2, -0.15) is 0 Å². The van der Waals surface area contributed by atoms with Crippen molar-refractivity contribution < 1.29 is 14.2 Å². The molecule has 1 fully saturated rings. The van der Waals surface area contributed by atoms with Crippen LogP contribution in [-0.2, 0) is 4.74 Å². The average molecular weight is 286 g/mol. The molecular formula is C13H19FN2O4. The van der Waals surface area contributed by atoms with Crippen molar-refractivity contribution in [1.82, 2.24) is 9.55 Å². The van der Waals surface area contributed by atoms with Crippen molar-refractivity contribution in [2.24, 2.45) is 5.92 Å². The van der Waals surface area contributed by atoms with Gasteiger partial charge in [-0.1, -0.05) is 13.8 Å². The third-order valence-corrected chi connectivity index (χ3v) is 4.19. The number of aromatic amines is 1. The Morgan fingerprint density at radius 2 is 2.25 bits per heavy atom. The Bertz CT molecular complexity index is 584. The van der Waals surface area contributed by atoms with E-state index in [1.165, 1.54) is 6.20 Å². The van der Waals surface area contributed by atoms with E-state index < -0.39 is 35.2 Å². The lowest BCUT2D eigenvalue weighted by atomic mass is 9.83. The minimum atomic E-state index is -1.38. The Hall–Kier alpha value is -1.47. The quantitative estimate of drug-likeness (QED) is 0.847. The summed E-state index contributed by atoms with van der Waals surface area (Å²) in [7, 11) is 0. The summed E-state index contributed by atoms with van der Waals surface area (Å²) in [6, 6.07) is 1.15. The molecule has 20 heavy (non-hydrogen) atoms. The highest BCUT2D eigenvalue weighted by Gasteiger charge is 2.52. The molecule has 0 saturated carbocycles. The standard InChI is InChI=1S/C13H19FN2O4/c1-3-13(5-7-17)8(2)10(14)11(20-13)16-6-4-9(18)15-12(16)19/h4,6,8,10-11,17H,3,5,7H2,1-2H3,(H,15,18,19)/t8-,10+,11+,13-/m0/s1. The average Bonchev–Trinajstić information content (AvgIpc) is 2.65. The van der Waals surface area contributed by atoms with Crippen LogP contribution in [0.4, 0.5) is 4.39 Å². The lowest BCUT2D eigenvalue weighted by Crippen LogP contribution is -2.36. The van der Waals surface area contributed by atoms with Gasteiger partial charge in [-0.3, -0.25) is 14.3 Å². The van der Waals surface area contributed by atoms with Gasteiger partial charge in [0.2, 0.25) is 0 Å². The number of nitrogens with one attached hydrogen (secondary N) is 1. The Labute approximate surface area is 115 Å². The molecule has 2 heterocycles. The summed E-state index contributed by atoms with van der Waals surface area (Å²) in [5.41, 5.74) is -2.04. The van der Waals surface area contributed by atoms with Gasteiger partial charge in [-0.05, 0) is 12.8 Å². The lowest BCUT2D eigenvalue weighted by molar-refractivity contribution is -0.101. The molecule has 0 radical (unpaired) electrons. The molecule has 0 unspecified atom stereocenters. The SMILES string of the molecule is CC[C@@]1(CCO)O[C@@H](n2ccc(=O)[nH]c2=O)[C@H](F)[C@@H]1C. The van der Waals surface area contributed by atoms with Crippen molar-refractivity contribution in [2.45, 2.75) is 44.7 Å². The third kappa shape index (κ3) is 2.31. The number of rotatable bonds is 4. The molecule has 0 aliphatic carbocycles. The minimum absolute atomic E-state index is 0.113. The van der Waals surface area contributed by atoms with Gasteiger partial charge in [0.25, 0.3) is 5.56 Å². The summed E-state index contributed by atoms with van der Waals surface area (Å²) in [5.74, 6) is -0.455. The number of hydrogen-bond acceptors (Lipinski definition) is 4. The van der Waals surface area contributed by atoms with Gasteiger partial charge >= 0.3 is 5.69 Å². The molecule has 2 rings (SSSR count). The van der Waals surface area contributed by atoms with E-state index in [0.717, 1.165) is 10.6 Å². The van der Waals surface area contributed by atoms with Crippen molar-refractivity contribution in [3.05, 3.63) is 33.1 Å². The van der Waals surface area contributed by atoms with Crippen molar-refractivity contribution in [2.75, 3.05) is 6.61 Å². The summed E-state index contributed by atoms with van der Waals surface area (Å²) in [5, 5.41) is 9.16. The molecule has 1 aliphatic rings. The molecule has 1 aliphatic heterocycles. The summed E-state index contributed by atoms with van der Waals surface area (Å²) in [4.78, 5) is 24.9. The number of aromatic nitrogens is 2. The van der Waals surface area contributed by atoms with Gasteiger partial charge < -0.3 is 9.84 Å². The minimum Gasteiger partial charge on any atom is -0.396 e. The summed E-state index contributed by atoms with van der Waals surface area (Å²) in [6.07, 6.45) is -0.398. The zero-order valence-electron chi connectivity index (χ0n) is 11.5. The fourth-order valence-electron chi connectivity index (χ4n) is 2.85. The first-order valence-corrected chi connectivity index (χ1v) is 6.69. The largest absolute Gasteiger partial charge is 0.396 e. The number of nitrogens with zero attached hydrogens (tertiary/aromatic N) is 1. The molecule has 0 amide bonds. The Morgan fingerprint density at radius 3 is 2.80 bits per heavy atom. The van der Waals surface area contributed by atoms with Crippen LogP contribution in [0.2, 0.25) is 0 Å². The smallest absolute Gasteiger partial charge is 0.330 e. The number of aliphatic hydroxyl groups excluding tert-OH is 1. The molecule has 4 atom stereocenters. The van der Waals surface area contributed by atoms with Crippen LogP contribution in [-0.4, -0.2) is 33.0 Å². The monoisotopic (exact) mass is 286 g/mol. The summed E-state index contributed by atoms with van der Waals surface area (Å²) >= 11 is 0. The van der Waals surface area contributed by atoms with E-state index in [1.54, 1.807) is 6.92 Å². The molecule has 2 N–H and O–H groups in total. The van der Waals surface area contributed by atoms with E-state index in [2.05, 4.69) is 4.98 Å². The molecular weight excluding hydrogens is 267 g/mol. The van der Waals surface area contributed by atoms with Crippen LogP contribution >= 0.6 is 0 Å². The topological polar surface area (TPSA) is 84.3 Å². The van der Waals surface area contributed by atoms with Gasteiger partial charge in [0.1, 0.15) is 0 Å². The highest BCUT2D eigenvalue weighted by atomic mass is 19.1. The Balaban J connectivity index is 2.39. The van der Waals surface area contributed by atoms with Gasteiger partial charge in [-0.15, -0.1) is 0 Å². The van der Waals surface area contributed by atoms with Crippen LogP contribution in [0.1, 0.15) is 32.9 Å². The maximum absolute atomic E-state index is 14.5. The van der Waals surface area contributed by atoms with E-state index in [1.807, 2.05) is 6.92 Å². The summed E-state index contributed by atoms with van der Waals surface area (Å²) in [6.45, 7) is 3.45. The predicted octanol–water partition coefficient (Wildman–Crippen LogP) is 0.571. The van der Waals surface area contributed by atoms with Crippen LogP contribution in [0.15, 0.2) is 21.9 Å². The zero-order valence-corrected chi connectivity index (χ0v) is 11.5. The lowest BCUT2D eigenvalue weighted by Gasteiger charge is -2.31. The highest BCUT2D eigenvalue weighted by Crippen LogP contribution is 2.46. The molecule has 0 aromatic carbocycles. The van der Waals surface area contributed by atoms with E-state index in [9.17, 15) is 14.0 Å². The predicted molar refractivity (Wildman–Crippen MR) is 70.2 cm³/mol. The number of halogens is 1. The highest BCUT2D eigenvalue weighted by molar-refractivity contribution is 4.99. The number of H-pyrrole nitrogens is 1. The van der Waals surface area contributed by atoms with Crippen molar-refractivity contribution in [3.63, 3.8) is 0 Å². The second-order valence-electron chi connectivity index (χ2n) is 5.15. The molecule has 1 saturated heterocycles. The molecule has 1 aromatic rings. The van der Waals surface area contributed by atoms with Crippen molar-refractivity contribution in [1.29, 1.82) is 0 Å². The zero-order chi connectivity index (χ0) is 14.9. The number of aliphatic hydroxyl groups is 1. The van der Waals surface area contributed by atoms with Gasteiger partial charge in [0.05, 0.1) is 5.60 Å². The van der Waals surface area contributed by atoms with Crippen LogP contribution in [0.3, 0.4) is 0 Å². The normalized spacial score (nSPS) is 33.5. The van der Waals surface area contributed by atoms with E-state index >= 15 is 0 Å². The fraction of sp³-hybridized carbons (Fsp3) is 0.692. The first-order valence-electron chi connectivity index (χ1n) is 6.69. The second-order valence-corrected chi connectivity index (χ2v) is 5.15. The number of hydrogen-bond donors (Lipinski definition) is 2. The molecule has 6 nitrogen and oxygen atoms in total. The van der Waals surface area contributed by atoms with E-state index in [4.69, 9.17) is 9.84 Å². The maximum atomic E-state index is 14.5. The second kappa shape index (κ2) is 5.49. The molecule has 0 spiro atoms. The van der Waals surface area contributed by atoms with Crippen LogP contribution < -0.4 is 11.2 Å². The van der Waals surface area contributed by atoms with Crippen molar-refractivity contribution >= 4 is 0 Å². The first kappa shape index (κ1) is 14.9. The number of ether oxygens (including phenoxy) is 1. The molecule has 7 heteroatoms. The molecule has 1 aromatic heterocycles. The van der Waals surface area contributed by atoms with Crippen LogP contribution in [0.25, 0.3) is 0 Å². The maximum Gasteiger partial charge on any atom is 0.330 e. The van der Waals surface area contributed by atoms with E-state index in [-0.39, 0.29) is 6.61 Å². The Morgan fingerprint density at radius 1 is 1.55 bits per heavy atom. The molecule has 112 valence electrons. The van der Waals surface area contributed by atoms with Gasteiger partial charge in [-0.25, -0.2) is 9.18 Å². The molecule has 0 bridgehead atoms. The van der Waals surface area contributed by atoms with E-state index in [0.29, 0.717) is 12.8 Å². The first-order chi connectivity index (χ1) is 9.45.